The maximum Gasteiger partial charge on any atom is 0.0502 e. The van der Waals surface area contributed by atoms with Gasteiger partial charge in [0.05, 0.1) is 5.02 Å². The van der Waals surface area contributed by atoms with Crippen LogP contribution in [0.1, 0.15) is 45.1 Å². The Bertz CT molecular complexity index is 655. The molecule has 4 rings (SSSR count). The molecule has 2 fully saturated rings. The first-order chi connectivity index (χ1) is 10.1. The Morgan fingerprint density at radius 1 is 1.24 bits per heavy atom. The van der Waals surface area contributed by atoms with Crippen molar-refractivity contribution >= 4 is 22.5 Å². The second-order valence-corrected chi connectivity index (χ2v) is 8.15. The van der Waals surface area contributed by atoms with Gasteiger partial charge in [0.25, 0.3) is 0 Å². The van der Waals surface area contributed by atoms with Crippen LogP contribution in [-0.4, -0.2) is 4.98 Å². The van der Waals surface area contributed by atoms with Crippen molar-refractivity contribution in [1.29, 1.82) is 0 Å². The molecular formula is C19H24ClN. The molecule has 2 heteroatoms. The normalized spacial score (nSPS) is 29.8. The Morgan fingerprint density at radius 3 is 2.76 bits per heavy atom. The lowest BCUT2D eigenvalue weighted by molar-refractivity contribution is 0.353. The maximum atomic E-state index is 6.35. The second kappa shape index (κ2) is 4.78. The van der Waals surface area contributed by atoms with E-state index < -0.39 is 0 Å². The molecule has 1 heterocycles. The Kier molecular flexibility index (Phi) is 3.11. The molecular weight excluding hydrogens is 278 g/mol. The minimum Gasteiger partial charge on any atom is -0.361 e. The molecule has 3 atom stereocenters. The molecule has 1 N–H and O–H groups in total. The summed E-state index contributed by atoms with van der Waals surface area (Å²) in [7, 11) is 0. The maximum absolute atomic E-state index is 6.35. The highest BCUT2D eigenvalue weighted by Gasteiger charge is 2.61. The van der Waals surface area contributed by atoms with Crippen LogP contribution in [0.25, 0.3) is 10.9 Å². The van der Waals surface area contributed by atoms with Gasteiger partial charge in [-0.25, -0.2) is 0 Å². The summed E-state index contributed by atoms with van der Waals surface area (Å²) in [4.78, 5) is 3.35. The Hall–Kier alpha value is -0.950. The number of hydrogen-bond acceptors (Lipinski definition) is 0. The number of fused-ring (bicyclic) bond motifs is 2. The molecule has 2 saturated carbocycles. The quantitative estimate of drug-likeness (QED) is 0.731. The van der Waals surface area contributed by atoms with Gasteiger partial charge in [-0.15, -0.1) is 0 Å². The summed E-state index contributed by atoms with van der Waals surface area (Å²) in [5.41, 5.74) is 3.22. The van der Waals surface area contributed by atoms with Gasteiger partial charge in [0, 0.05) is 17.1 Å². The van der Waals surface area contributed by atoms with Crippen LogP contribution in [0.4, 0.5) is 0 Å². The van der Waals surface area contributed by atoms with E-state index in [4.69, 9.17) is 11.6 Å². The van der Waals surface area contributed by atoms with E-state index in [0.29, 0.717) is 5.41 Å². The van der Waals surface area contributed by atoms with Crippen LogP contribution in [0.5, 0.6) is 0 Å². The lowest BCUT2D eigenvalue weighted by Gasteiger charge is -2.16. The zero-order chi connectivity index (χ0) is 14.6. The number of nitrogens with one attached hydrogen (secondary N) is 1. The second-order valence-electron chi connectivity index (χ2n) is 7.74. The molecule has 21 heavy (non-hydrogen) atoms. The van der Waals surface area contributed by atoms with Gasteiger partial charge in [0.15, 0.2) is 0 Å². The van der Waals surface area contributed by atoms with Gasteiger partial charge in [-0.05, 0) is 66.5 Å². The predicted molar refractivity (Wildman–Crippen MR) is 89.7 cm³/mol. The van der Waals surface area contributed by atoms with Crippen molar-refractivity contribution < 1.29 is 0 Å². The third-order valence-corrected chi connectivity index (χ3v) is 6.57. The number of aromatic nitrogens is 1. The zero-order valence-electron chi connectivity index (χ0n) is 13.0. The standard InChI is InChI=1S/C19H24ClN/c1-19(2)14-9-12(10-15(14)19)5-3-6-13-11-21-17-8-4-7-16(20)18(13)17/h4,7-8,11-12,14-15,21H,3,5-6,9-10H2,1-2H3/t12?,14-,15+. The van der Waals surface area contributed by atoms with Crippen molar-refractivity contribution in [3.63, 3.8) is 0 Å². The number of rotatable bonds is 4. The van der Waals surface area contributed by atoms with Gasteiger partial charge in [-0.2, -0.15) is 0 Å². The van der Waals surface area contributed by atoms with Crippen LogP contribution in [0.2, 0.25) is 5.02 Å². The molecule has 0 amide bonds. The number of benzene rings is 1. The Balaban J connectivity index is 1.35. The lowest BCUT2D eigenvalue weighted by atomic mass is 9.89. The minimum absolute atomic E-state index is 0.668. The molecule has 2 aromatic rings. The highest BCUT2D eigenvalue weighted by Crippen LogP contribution is 2.68. The van der Waals surface area contributed by atoms with E-state index >= 15 is 0 Å². The zero-order valence-corrected chi connectivity index (χ0v) is 13.7. The lowest BCUT2D eigenvalue weighted by Crippen LogP contribution is -2.05. The Labute approximate surface area is 132 Å². The average molecular weight is 302 g/mol. The summed E-state index contributed by atoms with van der Waals surface area (Å²) in [6.07, 6.45) is 8.94. The highest BCUT2D eigenvalue weighted by molar-refractivity contribution is 6.35. The van der Waals surface area contributed by atoms with E-state index in [1.54, 1.807) is 0 Å². The monoisotopic (exact) mass is 301 g/mol. The molecule has 0 saturated heterocycles. The summed E-state index contributed by atoms with van der Waals surface area (Å²) < 4.78 is 0. The molecule has 0 aliphatic heterocycles. The van der Waals surface area contributed by atoms with Crippen LogP contribution < -0.4 is 0 Å². The van der Waals surface area contributed by atoms with Crippen LogP contribution in [0, 0.1) is 23.2 Å². The smallest absolute Gasteiger partial charge is 0.0502 e. The third kappa shape index (κ3) is 2.21. The van der Waals surface area contributed by atoms with Crippen molar-refractivity contribution in [1.82, 2.24) is 4.98 Å². The molecule has 112 valence electrons. The van der Waals surface area contributed by atoms with E-state index in [1.165, 1.54) is 42.1 Å². The molecule has 2 aliphatic carbocycles. The molecule has 1 aromatic carbocycles. The number of hydrogen-bond donors (Lipinski definition) is 1. The first-order valence-electron chi connectivity index (χ1n) is 8.32. The van der Waals surface area contributed by atoms with Gasteiger partial charge in [0.2, 0.25) is 0 Å². The SMILES string of the molecule is CC1(C)[C@@H]2CC(CCCc3c[nH]c4cccc(Cl)c34)C[C@@H]21. The van der Waals surface area contributed by atoms with Crippen LogP contribution >= 0.6 is 11.6 Å². The summed E-state index contributed by atoms with van der Waals surface area (Å²) in [5, 5.41) is 2.11. The van der Waals surface area contributed by atoms with Crippen LogP contribution in [0.3, 0.4) is 0 Å². The van der Waals surface area contributed by atoms with Gasteiger partial charge < -0.3 is 4.98 Å². The van der Waals surface area contributed by atoms with Gasteiger partial charge in [0.1, 0.15) is 0 Å². The first-order valence-corrected chi connectivity index (χ1v) is 8.69. The highest BCUT2D eigenvalue weighted by atomic mass is 35.5. The van der Waals surface area contributed by atoms with E-state index in [2.05, 4.69) is 31.1 Å². The fourth-order valence-corrected chi connectivity index (χ4v) is 5.13. The van der Waals surface area contributed by atoms with E-state index in [0.717, 1.165) is 29.2 Å². The van der Waals surface area contributed by atoms with Crippen molar-refractivity contribution in [2.24, 2.45) is 23.2 Å². The topological polar surface area (TPSA) is 15.8 Å². The number of H-pyrrole nitrogens is 1. The van der Waals surface area contributed by atoms with Crippen molar-refractivity contribution in [2.45, 2.75) is 46.0 Å². The molecule has 1 aromatic heterocycles. The van der Waals surface area contributed by atoms with Gasteiger partial charge in [-0.3, -0.25) is 0 Å². The third-order valence-electron chi connectivity index (χ3n) is 6.26. The molecule has 1 unspecified atom stereocenters. The number of halogens is 1. The summed E-state index contributed by atoms with van der Waals surface area (Å²) >= 11 is 6.35. The summed E-state index contributed by atoms with van der Waals surface area (Å²) in [5.74, 6) is 3.05. The van der Waals surface area contributed by atoms with E-state index in [1.807, 2.05) is 12.1 Å². The van der Waals surface area contributed by atoms with Gasteiger partial charge in [-0.1, -0.05) is 37.9 Å². The van der Waals surface area contributed by atoms with E-state index in [-0.39, 0.29) is 0 Å². The summed E-state index contributed by atoms with van der Waals surface area (Å²) in [6, 6.07) is 6.11. The van der Waals surface area contributed by atoms with Crippen molar-refractivity contribution in [3.05, 3.63) is 35.0 Å². The van der Waals surface area contributed by atoms with E-state index in [9.17, 15) is 0 Å². The average Bonchev–Trinajstić information content (AvgIpc) is 2.87. The molecule has 1 nitrogen and oxygen atoms in total. The number of aryl methyl sites for hydroxylation is 1. The van der Waals surface area contributed by atoms with Crippen LogP contribution in [0.15, 0.2) is 24.4 Å². The first kappa shape index (κ1) is 13.7. The molecule has 0 spiro atoms. The van der Waals surface area contributed by atoms with Crippen molar-refractivity contribution in [3.8, 4) is 0 Å². The molecule has 0 radical (unpaired) electrons. The minimum atomic E-state index is 0.668. The summed E-state index contributed by atoms with van der Waals surface area (Å²) in [6.45, 7) is 4.90. The molecule has 2 aliphatic rings. The Morgan fingerprint density at radius 2 is 2.00 bits per heavy atom. The largest absolute Gasteiger partial charge is 0.361 e. The predicted octanol–water partition coefficient (Wildman–Crippen LogP) is 5.83. The fraction of sp³-hybridized carbons (Fsp3) is 0.579. The fourth-order valence-electron chi connectivity index (χ4n) is 4.83. The van der Waals surface area contributed by atoms with Crippen LogP contribution in [-0.2, 0) is 6.42 Å². The van der Waals surface area contributed by atoms with Crippen molar-refractivity contribution in [2.75, 3.05) is 0 Å². The molecule has 0 bridgehead atoms. The van der Waals surface area contributed by atoms with Gasteiger partial charge >= 0.3 is 0 Å². The number of aromatic amines is 1.